The monoisotopic (exact) mass is 236 g/mol. The van der Waals surface area contributed by atoms with Crippen LogP contribution in [-0.4, -0.2) is 28.9 Å². The summed E-state index contributed by atoms with van der Waals surface area (Å²) in [5, 5.41) is 0. The molecule has 17 heavy (non-hydrogen) atoms. The molecule has 0 saturated carbocycles. The highest BCUT2D eigenvalue weighted by molar-refractivity contribution is 5.93. The molecule has 1 aromatic rings. The Morgan fingerprint density at radius 3 is 2.71 bits per heavy atom. The van der Waals surface area contributed by atoms with Crippen molar-refractivity contribution < 1.29 is 4.79 Å². The predicted octanol–water partition coefficient (Wildman–Crippen LogP) is 1.88. The number of nitrogens with one attached hydrogen (secondary N) is 1. The first-order valence-corrected chi connectivity index (χ1v) is 6.06. The smallest absolute Gasteiger partial charge is 0.259 e. The van der Waals surface area contributed by atoms with Crippen LogP contribution in [0.5, 0.6) is 0 Å². The van der Waals surface area contributed by atoms with Crippen LogP contribution < -0.4 is 5.43 Å². The fourth-order valence-corrected chi connectivity index (χ4v) is 1.61. The molecule has 0 aliphatic rings. The summed E-state index contributed by atoms with van der Waals surface area (Å²) in [6.45, 7) is 7.44. The Morgan fingerprint density at radius 1 is 1.47 bits per heavy atom. The predicted molar refractivity (Wildman–Crippen MR) is 68.1 cm³/mol. The maximum Gasteiger partial charge on any atom is 0.259 e. The quantitative estimate of drug-likeness (QED) is 0.848. The summed E-state index contributed by atoms with van der Waals surface area (Å²) in [5.41, 5.74) is -0.00555. The Hall–Kier alpha value is -1.58. The molecule has 1 heterocycles. The Balaban J connectivity index is 2.87. The molecule has 1 amide bonds. The van der Waals surface area contributed by atoms with Gasteiger partial charge >= 0.3 is 0 Å². The number of aromatic amines is 1. The van der Waals surface area contributed by atoms with E-state index in [0.717, 1.165) is 6.42 Å². The largest absolute Gasteiger partial charge is 0.367 e. The molecule has 0 aliphatic carbocycles. The highest BCUT2D eigenvalue weighted by Gasteiger charge is 2.18. The second-order valence-electron chi connectivity index (χ2n) is 4.28. The molecule has 0 aromatic carbocycles. The highest BCUT2D eigenvalue weighted by atomic mass is 16.2. The molecule has 0 radical (unpaired) electrons. The molecule has 1 aromatic heterocycles. The zero-order valence-corrected chi connectivity index (χ0v) is 10.7. The Morgan fingerprint density at radius 2 is 2.18 bits per heavy atom. The number of H-pyrrole nitrogens is 1. The van der Waals surface area contributed by atoms with Gasteiger partial charge in [-0.15, -0.1) is 0 Å². The summed E-state index contributed by atoms with van der Waals surface area (Å²) in [7, 11) is 0. The minimum absolute atomic E-state index is 0.186. The van der Waals surface area contributed by atoms with Gasteiger partial charge in [0.2, 0.25) is 0 Å². The molecule has 1 atom stereocenters. The third kappa shape index (κ3) is 3.44. The molecule has 0 aliphatic heterocycles. The van der Waals surface area contributed by atoms with Crippen molar-refractivity contribution in [2.45, 2.75) is 27.2 Å². The lowest BCUT2D eigenvalue weighted by molar-refractivity contribution is 0.0739. The lowest BCUT2D eigenvalue weighted by Crippen LogP contribution is -2.37. The van der Waals surface area contributed by atoms with Gasteiger partial charge in [-0.1, -0.05) is 20.3 Å². The lowest BCUT2D eigenvalue weighted by atomic mass is 10.1. The first-order chi connectivity index (χ1) is 8.10. The van der Waals surface area contributed by atoms with Crippen molar-refractivity contribution in [2.24, 2.45) is 5.92 Å². The van der Waals surface area contributed by atoms with E-state index >= 15 is 0 Å². The first kappa shape index (κ1) is 13.5. The summed E-state index contributed by atoms with van der Waals surface area (Å²) >= 11 is 0. The number of carbonyl (C=O) groups is 1. The van der Waals surface area contributed by atoms with Gasteiger partial charge in [-0.3, -0.25) is 9.59 Å². The molecular weight excluding hydrogens is 216 g/mol. The number of hydrogen-bond donors (Lipinski definition) is 1. The van der Waals surface area contributed by atoms with Crippen LogP contribution in [-0.2, 0) is 0 Å². The van der Waals surface area contributed by atoms with E-state index in [0.29, 0.717) is 19.0 Å². The normalized spacial score (nSPS) is 12.2. The van der Waals surface area contributed by atoms with Gasteiger partial charge in [-0.05, 0) is 12.8 Å². The fourth-order valence-electron chi connectivity index (χ4n) is 1.61. The first-order valence-electron chi connectivity index (χ1n) is 6.06. The number of aromatic nitrogens is 1. The molecule has 0 saturated heterocycles. The molecule has 94 valence electrons. The Labute approximate surface area is 102 Å². The summed E-state index contributed by atoms with van der Waals surface area (Å²) in [6.07, 6.45) is 4.03. The van der Waals surface area contributed by atoms with Crippen molar-refractivity contribution >= 4 is 5.91 Å². The Bertz CT molecular complexity index is 425. The topological polar surface area (TPSA) is 53.2 Å². The number of nitrogens with zero attached hydrogens (tertiary/aromatic N) is 1. The van der Waals surface area contributed by atoms with Crippen LogP contribution in [0.3, 0.4) is 0 Å². The summed E-state index contributed by atoms with van der Waals surface area (Å²) in [4.78, 5) is 28.2. The molecule has 0 spiro atoms. The molecule has 4 nitrogen and oxygen atoms in total. The van der Waals surface area contributed by atoms with Gasteiger partial charge in [-0.25, -0.2) is 0 Å². The van der Waals surface area contributed by atoms with E-state index in [1.807, 2.05) is 6.92 Å². The lowest BCUT2D eigenvalue weighted by Gasteiger charge is -2.23. The van der Waals surface area contributed by atoms with Gasteiger partial charge in [0, 0.05) is 31.5 Å². The summed E-state index contributed by atoms with van der Waals surface area (Å²) in [6, 6.07) is 1.38. The van der Waals surface area contributed by atoms with E-state index < -0.39 is 0 Å². The van der Waals surface area contributed by atoms with Crippen molar-refractivity contribution in [1.29, 1.82) is 0 Å². The zero-order chi connectivity index (χ0) is 12.8. The number of rotatable bonds is 5. The van der Waals surface area contributed by atoms with Crippen molar-refractivity contribution in [3.05, 3.63) is 34.2 Å². The van der Waals surface area contributed by atoms with Crippen LogP contribution in [0.4, 0.5) is 0 Å². The fraction of sp³-hybridized carbons (Fsp3) is 0.538. The standard InChI is InChI=1S/C13H20N2O2/c1-4-10(3)9-15(5-2)13(17)11-8-14-7-6-12(11)16/h6-8,10H,4-5,9H2,1-3H3,(H,14,16). The van der Waals surface area contributed by atoms with Gasteiger partial charge in [0.15, 0.2) is 5.43 Å². The SMILES string of the molecule is CCC(C)CN(CC)C(=O)c1c[nH]ccc1=O. The van der Waals surface area contributed by atoms with Crippen molar-refractivity contribution in [3.8, 4) is 0 Å². The average molecular weight is 236 g/mol. The van der Waals surface area contributed by atoms with E-state index in [4.69, 9.17) is 0 Å². The maximum atomic E-state index is 12.2. The van der Waals surface area contributed by atoms with Crippen LogP contribution >= 0.6 is 0 Å². The van der Waals surface area contributed by atoms with Crippen molar-refractivity contribution in [3.63, 3.8) is 0 Å². The van der Waals surface area contributed by atoms with Crippen LogP contribution in [0.25, 0.3) is 0 Å². The molecular formula is C13H20N2O2. The number of pyridine rings is 1. The van der Waals surface area contributed by atoms with Gasteiger partial charge in [-0.2, -0.15) is 0 Å². The van der Waals surface area contributed by atoms with Gasteiger partial charge < -0.3 is 9.88 Å². The second-order valence-corrected chi connectivity index (χ2v) is 4.28. The number of hydrogen-bond acceptors (Lipinski definition) is 2. The molecule has 1 N–H and O–H groups in total. The summed E-state index contributed by atoms with van der Waals surface area (Å²) in [5.74, 6) is 0.261. The average Bonchev–Trinajstić information content (AvgIpc) is 2.35. The number of carbonyl (C=O) groups excluding carboxylic acids is 1. The number of amides is 1. The summed E-state index contributed by atoms with van der Waals surface area (Å²) < 4.78 is 0. The third-order valence-electron chi connectivity index (χ3n) is 2.95. The second kappa shape index (κ2) is 6.23. The Kier molecular flexibility index (Phi) is 4.94. The molecule has 0 bridgehead atoms. The van der Waals surface area contributed by atoms with E-state index in [2.05, 4.69) is 18.8 Å². The minimum Gasteiger partial charge on any atom is -0.367 e. The van der Waals surface area contributed by atoms with Crippen LogP contribution in [0.15, 0.2) is 23.3 Å². The van der Waals surface area contributed by atoms with Crippen LogP contribution in [0, 0.1) is 5.92 Å². The highest BCUT2D eigenvalue weighted by Crippen LogP contribution is 2.07. The van der Waals surface area contributed by atoms with E-state index in [1.54, 1.807) is 4.90 Å². The minimum atomic E-state index is -0.226. The van der Waals surface area contributed by atoms with Crippen molar-refractivity contribution in [1.82, 2.24) is 9.88 Å². The molecule has 1 unspecified atom stereocenters. The van der Waals surface area contributed by atoms with Gasteiger partial charge in [0.25, 0.3) is 5.91 Å². The van der Waals surface area contributed by atoms with E-state index in [1.165, 1.54) is 18.5 Å². The molecule has 1 rings (SSSR count). The van der Waals surface area contributed by atoms with Crippen LogP contribution in [0.1, 0.15) is 37.6 Å². The molecule has 4 heteroatoms. The van der Waals surface area contributed by atoms with Gasteiger partial charge in [0.1, 0.15) is 5.56 Å². The van der Waals surface area contributed by atoms with E-state index in [9.17, 15) is 9.59 Å². The molecule has 0 fully saturated rings. The maximum absolute atomic E-state index is 12.2. The third-order valence-corrected chi connectivity index (χ3v) is 2.95. The van der Waals surface area contributed by atoms with Crippen LogP contribution in [0.2, 0.25) is 0 Å². The van der Waals surface area contributed by atoms with Crippen molar-refractivity contribution in [2.75, 3.05) is 13.1 Å². The van der Waals surface area contributed by atoms with Gasteiger partial charge in [0.05, 0.1) is 0 Å². The van der Waals surface area contributed by atoms with E-state index in [-0.39, 0.29) is 16.9 Å². The zero-order valence-electron chi connectivity index (χ0n) is 10.7.